The summed E-state index contributed by atoms with van der Waals surface area (Å²) in [6, 6.07) is 7.11. The summed E-state index contributed by atoms with van der Waals surface area (Å²) in [5, 5.41) is 9.15. The topological polar surface area (TPSA) is 92.9 Å². The van der Waals surface area contributed by atoms with Crippen LogP contribution in [0.25, 0.3) is 0 Å². The molecule has 2 atom stereocenters. The van der Waals surface area contributed by atoms with Gasteiger partial charge < -0.3 is 20.5 Å². The molecule has 144 valence electrons. The van der Waals surface area contributed by atoms with Crippen molar-refractivity contribution in [2.45, 2.75) is 51.4 Å². The largest absolute Gasteiger partial charge is 0.465 e. The van der Waals surface area contributed by atoms with Crippen molar-refractivity contribution < 1.29 is 23.8 Å². The van der Waals surface area contributed by atoms with Crippen molar-refractivity contribution in [3.8, 4) is 0 Å². The van der Waals surface area contributed by atoms with Gasteiger partial charge in [0.25, 0.3) is 0 Å². The number of carbonyl (C=O) groups excluding carboxylic acids is 1. The minimum Gasteiger partial charge on any atom is -0.465 e. The normalized spacial score (nSPS) is 19.9. The van der Waals surface area contributed by atoms with Crippen molar-refractivity contribution in [2.24, 2.45) is 11.7 Å². The first kappa shape index (κ1) is 20.2. The number of rotatable bonds is 5. The number of hydrogen-bond acceptors (Lipinski definition) is 4. The standard InChI is InChI=1S/C19H27FN2O4/c1-18(2,3)26-16(23)19(20,15-7-8-22(12-15)17(24)25)10-13-5-4-6-14(9-13)11-21/h4-6,9,15H,7-8,10-12,21H2,1-3H3,(H,24,25). The van der Waals surface area contributed by atoms with Gasteiger partial charge in [-0.25, -0.2) is 14.0 Å². The van der Waals surface area contributed by atoms with Crippen molar-refractivity contribution >= 4 is 12.1 Å². The zero-order valence-corrected chi connectivity index (χ0v) is 15.5. The third-order valence-corrected chi connectivity index (χ3v) is 4.53. The van der Waals surface area contributed by atoms with E-state index >= 15 is 4.39 Å². The number of alkyl halides is 1. The van der Waals surface area contributed by atoms with Crippen LogP contribution in [0.15, 0.2) is 24.3 Å². The molecule has 2 rings (SSSR count). The molecule has 0 aliphatic carbocycles. The monoisotopic (exact) mass is 366 g/mol. The van der Waals surface area contributed by atoms with Crippen molar-refractivity contribution in [1.82, 2.24) is 4.90 Å². The average Bonchev–Trinajstić information content (AvgIpc) is 3.04. The summed E-state index contributed by atoms with van der Waals surface area (Å²) in [5.41, 5.74) is 3.98. The summed E-state index contributed by atoms with van der Waals surface area (Å²) in [6.07, 6.45) is -1.00. The van der Waals surface area contributed by atoms with E-state index in [4.69, 9.17) is 15.6 Å². The quantitative estimate of drug-likeness (QED) is 0.782. The molecule has 1 fully saturated rings. The third kappa shape index (κ3) is 4.72. The summed E-state index contributed by atoms with van der Waals surface area (Å²) >= 11 is 0. The second-order valence-electron chi connectivity index (χ2n) is 7.78. The fraction of sp³-hybridized carbons (Fsp3) is 0.579. The van der Waals surface area contributed by atoms with Gasteiger partial charge in [0, 0.05) is 32.0 Å². The van der Waals surface area contributed by atoms with Crippen LogP contribution in [0.1, 0.15) is 38.3 Å². The van der Waals surface area contributed by atoms with Crippen LogP contribution in [-0.4, -0.2) is 46.4 Å². The summed E-state index contributed by atoms with van der Waals surface area (Å²) in [5.74, 6) is -1.70. The smallest absolute Gasteiger partial charge is 0.407 e. The number of esters is 1. The Morgan fingerprint density at radius 3 is 2.54 bits per heavy atom. The van der Waals surface area contributed by atoms with Gasteiger partial charge in [-0.2, -0.15) is 0 Å². The number of benzene rings is 1. The van der Waals surface area contributed by atoms with E-state index < -0.39 is 29.3 Å². The predicted molar refractivity (Wildman–Crippen MR) is 95.4 cm³/mol. The van der Waals surface area contributed by atoms with Crippen molar-refractivity contribution in [1.29, 1.82) is 0 Å². The van der Waals surface area contributed by atoms with Gasteiger partial charge in [0.05, 0.1) is 0 Å². The molecule has 6 nitrogen and oxygen atoms in total. The number of hydrogen-bond donors (Lipinski definition) is 2. The van der Waals surface area contributed by atoms with Gasteiger partial charge >= 0.3 is 12.1 Å². The van der Waals surface area contributed by atoms with Gasteiger partial charge in [0.1, 0.15) is 5.60 Å². The number of nitrogens with two attached hydrogens (primary N) is 1. The van der Waals surface area contributed by atoms with E-state index in [9.17, 15) is 9.59 Å². The number of carbonyl (C=O) groups is 2. The molecule has 2 unspecified atom stereocenters. The molecule has 1 aliphatic heterocycles. The highest BCUT2D eigenvalue weighted by atomic mass is 19.1. The van der Waals surface area contributed by atoms with Crippen LogP contribution < -0.4 is 5.73 Å². The number of ether oxygens (including phenoxy) is 1. The fourth-order valence-electron chi connectivity index (χ4n) is 3.22. The van der Waals surface area contributed by atoms with Gasteiger partial charge in [-0.05, 0) is 38.3 Å². The summed E-state index contributed by atoms with van der Waals surface area (Å²) < 4.78 is 21.4. The molecule has 1 aromatic rings. The van der Waals surface area contributed by atoms with E-state index in [1.165, 1.54) is 0 Å². The molecule has 1 aliphatic rings. The molecular weight excluding hydrogens is 339 g/mol. The van der Waals surface area contributed by atoms with Crippen LogP contribution in [0, 0.1) is 5.92 Å². The number of halogens is 1. The Morgan fingerprint density at radius 2 is 2.00 bits per heavy atom. The molecule has 0 spiro atoms. The lowest BCUT2D eigenvalue weighted by Gasteiger charge is -2.32. The Balaban J connectivity index is 2.31. The van der Waals surface area contributed by atoms with Gasteiger partial charge in [-0.1, -0.05) is 24.3 Å². The Labute approximate surface area is 153 Å². The molecule has 0 bridgehead atoms. The molecule has 1 saturated heterocycles. The number of likely N-dealkylation sites (tertiary alicyclic amines) is 1. The lowest BCUT2D eigenvalue weighted by molar-refractivity contribution is -0.173. The van der Waals surface area contributed by atoms with Crippen LogP contribution in [0.3, 0.4) is 0 Å². The minimum atomic E-state index is -2.30. The van der Waals surface area contributed by atoms with Crippen LogP contribution in [0.4, 0.5) is 9.18 Å². The molecule has 0 saturated carbocycles. The molecule has 7 heteroatoms. The second kappa shape index (κ2) is 7.61. The molecule has 1 aromatic carbocycles. The summed E-state index contributed by atoms with van der Waals surface area (Å²) in [7, 11) is 0. The van der Waals surface area contributed by atoms with E-state index in [2.05, 4.69) is 0 Å². The number of carboxylic acid groups (broad SMARTS) is 1. The third-order valence-electron chi connectivity index (χ3n) is 4.53. The lowest BCUT2D eigenvalue weighted by atomic mass is 9.82. The number of nitrogens with zero attached hydrogens (tertiary/aromatic N) is 1. The number of amides is 1. The predicted octanol–water partition coefficient (Wildman–Crippen LogP) is 2.74. The maximum atomic E-state index is 16.1. The SMILES string of the molecule is CC(C)(C)OC(=O)C(F)(Cc1cccc(CN)c1)C1CCN(C(=O)O)C1. The molecular formula is C19H27FN2O4. The zero-order chi connectivity index (χ0) is 19.5. The van der Waals surface area contributed by atoms with Crippen molar-refractivity contribution in [3.63, 3.8) is 0 Å². The molecule has 26 heavy (non-hydrogen) atoms. The fourth-order valence-corrected chi connectivity index (χ4v) is 3.22. The van der Waals surface area contributed by atoms with Crippen LogP contribution in [-0.2, 0) is 22.5 Å². The molecule has 0 aromatic heterocycles. The first-order valence-corrected chi connectivity index (χ1v) is 8.73. The summed E-state index contributed by atoms with van der Waals surface area (Å²) in [6.45, 7) is 5.53. The molecule has 3 N–H and O–H groups in total. The van der Waals surface area contributed by atoms with Crippen molar-refractivity contribution in [3.05, 3.63) is 35.4 Å². The highest BCUT2D eigenvalue weighted by Gasteiger charge is 2.51. The molecule has 1 amide bonds. The summed E-state index contributed by atoms with van der Waals surface area (Å²) in [4.78, 5) is 25.0. The van der Waals surface area contributed by atoms with E-state index in [1.54, 1.807) is 39.0 Å². The zero-order valence-electron chi connectivity index (χ0n) is 15.5. The lowest BCUT2D eigenvalue weighted by Crippen LogP contribution is -2.48. The highest BCUT2D eigenvalue weighted by Crippen LogP contribution is 2.36. The highest BCUT2D eigenvalue weighted by molar-refractivity contribution is 5.81. The minimum absolute atomic E-state index is 0.0261. The first-order chi connectivity index (χ1) is 12.0. The Hall–Kier alpha value is -2.15. The maximum Gasteiger partial charge on any atom is 0.407 e. The Morgan fingerprint density at radius 1 is 1.35 bits per heavy atom. The first-order valence-electron chi connectivity index (χ1n) is 8.73. The average molecular weight is 366 g/mol. The van der Waals surface area contributed by atoms with Gasteiger partial charge in [0.2, 0.25) is 5.67 Å². The van der Waals surface area contributed by atoms with Crippen molar-refractivity contribution in [2.75, 3.05) is 13.1 Å². The van der Waals surface area contributed by atoms with E-state index in [-0.39, 0.29) is 25.9 Å². The van der Waals surface area contributed by atoms with Gasteiger partial charge in [-0.15, -0.1) is 0 Å². The van der Waals surface area contributed by atoms with Gasteiger partial charge in [0.15, 0.2) is 0 Å². The van der Waals surface area contributed by atoms with Crippen LogP contribution in [0.2, 0.25) is 0 Å². The molecule has 0 radical (unpaired) electrons. The van der Waals surface area contributed by atoms with Crippen LogP contribution >= 0.6 is 0 Å². The Bertz CT molecular complexity index is 674. The van der Waals surface area contributed by atoms with E-state index in [0.29, 0.717) is 12.1 Å². The maximum absolute atomic E-state index is 16.1. The van der Waals surface area contributed by atoms with E-state index in [1.807, 2.05) is 6.07 Å². The molecule has 1 heterocycles. The van der Waals surface area contributed by atoms with Crippen LogP contribution in [0.5, 0.6) is 0 Å². The van der Waals surface area contributed by atoms with E-state index in [0.717, 1.165) is 10.5 Å². The second-order valence-corrected chi connectivity index (χ2v) is 7.78. The Kier molecular flexibility index (Phi) is 5.91. The van der Waals surface area contributed by atoms with Gasteiger partial charge in [-0.3, -0.25) is 0 Å².